The second kappa shape index (κ2) is 10.6. The van der Waals surface area contributed by atoms with Gasteiger partial charge < -0.3 is 36.2 Å². The fraction of sp³-hybridized carbons (Fsp3) is 0.545. The molecule has 3 amide bonds. The van der Waals surface area contributed by atoms with Crippen molar-refractivity contribution >= 4 is 23.7 Å². The van der Waals surface area contributed by atoms with Gasteiger partial charge in [-0.3, -0.25) is 14.4 Å². The molecular weight excluding hydrogens is 432 g/mol. The molecule has 4 atom stereocenters. The Hall–Kier alpha value is -3.18. The molecule has 0 saturated carbocycles. The summed E-state index contributed by atoms with van der Waals surface area (Å²) in [5.41, 5.74) is 6.85. The second-order valence-electron chi connectivity index (χ2n) is 8.44. The van der Waals surface area contributed by atoms with Gasteiger partial charge in [0, 0.05) is 13.1 Å². The molecule has 2 aliphatic heterocycles. The number of aromatic hydroxyl groups is 1. The molecule has 2 saturated heterocycles. The maximum absolute atomic E-state index is 12.9. The number of phenols is 1. The fourth-order valence-electron chi connectivity index (χ4n) is 4.43. The minimum atomic E-state index is -1.29. The number of nitrogens with one attached hydrogen (secondary N) is 1. The largest absolute Gasteiger partial charge is 0.508 e. The van der Waals surface area contributed by atoms with E-state index in [4.69, 9.17) is 5.73 Å². The van der Waals surface area contributed by atoms with Crippen molar-refractivity contribution in [2.24, 2.45) is 5.73 Å². The molecule has 0 bridgehead atoms. The minimum Gasteiger partial charge on any atom is -0.508 e. The van der Waals surface area contributed by atoms with Crippen molar-refractivity contribution in [3.63, 3.8) is 0 Å². The van der Waals surface area contributed by atoms with Crippen LogP contribution in [0.3, 0.4) is 0 Å². The summed E-state index contributed by atoms with van der Waals surface area (Å²) in [6.45, 7) is -0.109. The summed E-state index contributed by atoms with van der Waals surface area (Å²) in [5.74, 6) is -2.67. The van der Waals surface area contributed by atoms with Crippen LogP contribution in [0.1, 0.15) is 31.2 Å². The molecule has 11 heteroatoms. The number of nitrogens with zero attached hydrogens (tertiary/aromatic N) is 2. The number of aliphatic hydroxyl groups is 1. The Morgan fingerprint density at radius 2 is 1.58 bits per heavy atom. The van der Waals surface area contributed by atoms with Crippen molar-refractivity contribution < 1.29 is 34.5 Å². The lowest BCUT2D eigenvalue weighted by molar-refractivity contribution is -0.150. The molecule has 0 radical (unpaired) electrons. The van der Waals surface area contributed by atoms with Gasteiger partial charge in [0.15, 0.2) is 0 Å². The summed E-state index contributed by atoms with van der Waals surface area (Å²) in [6, 6.07) is 2.33. The zero-order chi connectivity index (χ0) is 24.1. The number of phenolic OH excluding ortho intramolecular Hbond substituents is 1. The first-order valence-electron chi connectivity index (χ1n) is 11.0. The summed E-state index contributed by atoms with van der Waals surface area (Å²) in [5, 5.41) is 30.9. The molecule has 2 fully saturated rings. The van der Waals surface area contributed by atoms with Crippen LogP contribution in [0, 0.1) is 0 Å². The first-order valence-corrected chi connectivity index (χ1v) is 11.0. The van der Waals surface area contributed by atoms with E-state index in [-0.39, 0.29) is 18.7 Å². The Bertz CT molecular complexity index is 891. The number of nitrogens with two attached hydrogens (primary N) is 1. The first-order chi connectivity index (χ1) is 15.7. The van der Waals surface area contributed by atoms with E-state index in [9.17, 15) is 34.5 Å². The van der Waals surface area contributed by atoms with E-state index < -0.39 is 54.5 Å². The molecule has 0 aromatic heterocycles. The molecule has 1 aromatic rings. The molecule has 6 N–H and O–H groups in total. The standard InChI is InChI=1S/C22H30N4O7/c23-15(11-13-5-7-14(28)8-6-13)20(30)25-9-1-3-17(25)19(29)24-16(12-27)21(31)26-10-2-4-18(26)22(32)33/h5-8,15-18,27-28H,1-4,9-12,23H2,(H,24,29)(H,32,33). The predicted octanol–water partition coefficient (Wildman–Crippen LogP) is -1.19. The van der Waals surface area contributed by atoms with Crippen molar-refractivity contribution in [1.29, 1.82) is 0 Å². The average molecular weight is 463 g/mol. The van der Waals surface area contributed by atoms with Crippen LogP contribution in [0.15, 0.2) is 24.3 Å². The van der Waals surface area contributed by atoms with Crippen molar-refractivity contribution in [3.8, 4) is 5.75 Å². The minimum absolute atomic E-state index is 0.103. The topological polar surface area (TPSA) is 174 Å². The highest BCUT2D eigenvalue weighted by Gasteiger charge is 2.40. The molecule has 33 heavy (non-hydrogen) atoms. The van der Waals surface area contributed by atoms with Gasteiger partial charge in [-0.05, 0) is 49.8 Å². The number of hydrogen-bond donors (Lipinski definition) is 5. The highest BCUT2D eigenvalue weighted by molar-refractivity contribution is 5.94. The van der Waals surface area contributed by atoms with Gasteiger partial charge in [-0.1, -0.05) is 12.1 Å². The Labute approximate surface area is 191 Å². The number of carbonyl (C=O) groups excluding carboxylic acids is 3. The Morgan fingerprint density at radius 3 is 2.15 bits per heavy atom. The number of benzene rings is 1. The van der Waals surface area contributed by atoms with Crippen LogP contribution < -0.4 is 11.1 Å². The highest BCUT2D eigenvalue weighted by Crippen LogP contribution is 2.21. The van der Waals surface area contributed by atoms with E-state index in [1.165, 1.54) is 17.0 Å². The van der Waals surface area contributed by atoms with Crippen molar-refractivity contribution in [2.45, 2.75) is 56.3 Å². The molecule has 2 heterocycles. The lowest BCUT2D eigenvalue weighted by Crippen LogP contribution is -2.57. The van der Waals surface area contributed by atoms with Crippen LogP contribution in [0.2, 0.25) is 0 Å². The molecular formula is C22H30N4O7. The number of rotatable bonds is 8. The van der Waals surface area contributed by atoms with Crippen LogP contribution in [-0.2, 0) is 25.6 Å². The van der Waals surface area contributed by atoms with E-state index in [2.05, 4.69) is 5.32 Å². The molecule has 0 spiro atoms. The zero-order valence-corrected chi connectivity index (χ0v) is 18.2. The lowest BCUT2D eigenvalue weighted by Gasteiger charge is -2.30. The third-order valence-corrected chi connectivity index (χ3v) is 6.17. The Morgan fingerprint density at radius 1 is 1.00 bits per heavy atom. The van der Waals surface area contributed by atoms with Gasteiger partial charge in [0.25, 0.3) is 0 Å². The van der Waals surface area contributed by atoms with Gasteiger partial charge in [-0.15, -0.1) is 0 Å². The van der Waals surface area contributed by atoms with Crippen molar-refractivity contribution in [3.05, 3.63) is 29.8 Å². The third kappa shape index (κ3) is 5.60. The SMILES string of the molecule is NC(Cc1ccc(O)cc1)C(=O)N1CCCC1C(=O)NC(CO)C(=O)N1CCCC1C(=O)O. The quantitative estimate of drug-likeness (QED) is 0.320. The summed E-state index contributed by atoms with van der Waals surface area (Å²) >= 11 is 0. The lowest BCUT2D eigenvalue weighted by atomic mass is 10.0. The van der Waals surface area contributed by atoms with Crippen LogP contribution in [-0.4, -0.2) is 92.7 Å². The zero-order valence-electron chi connectivity index (χ0n) is 18.2. The fourth-order valence-corrected chi connectivity index (χ4v) is 4.43. The smallest absolute Gasteiger partial charge is 0.326 e. The van der Waals surface area contributed by atoms with Gasteiger partial charge in [0.2, 0.25) is 17.7 Å². The van der Waals surface area contributed by atoms with E-state index in [0.29, 0.717) is 32.2 Å². The third-order valence-electron chi connectivity index (χ3n) is 6.17. The Balaban J connectivity index is 1.63. The normalized spacial score (nSPS) is 22.1. The van der Waals surface area contributed by atoms with Gasteiger partial charge in [-0.2, -0.15) is 0 Å². The molecule has 2 aliphatic rings. The maximum atomic E-state index is 12.9. The highest BCUT2D eigenvalue weighted by atomic mass is 16.4. The summed E-state index contributed by atoms with van der Waals surface area (Å²) in [7, 11) is 0. The number of carboxylic acids is 1. The molecule has 0 aliphatic carbocycles. The van der Waals surface area contributed by atoms with Crippen LogP contribution in [0.5, 0.6) is 5.75 Å². The molecule has 3 rings (SSSR count). The molecule has 1 aromatic carbocycles. The number of amides is 3. The maximum Gasteiger partial charge on any atom is 0.326 e. The number of aliphatic hydroxyl groups excluding tert-OH is 1. The van der Waals surface area contributed by atoms with Gasteiger partial charge in [-0.25, -0.2) is 4.79 Å². The summed E-state index contributed by atoms with van der Waals surface area (Å²) < 4.78 is 0. The predicted molar refractivity (Wildman–Crippen MR) is 116 cm³/mol. The molecule has 180 valence electrons. The van der Waals surface area contributed by atoms with Crippen LogP contribution in [0.4, 0.5) is 0 Å². The van der Waals surface area contributed by atoms with Gasteiger partial charge >= 0.3 is 5.97 Å². The average Bonchev–Trinajstić information content (AvgIpc) is 3.47. The monoisotopic (exact) mass is 462 g/mol. The van der Waals surface area contributed by atoms with E-state index in [0.717, 1.165) is 10.5 Å². The number of aliphatic carboxylic acids is 1. The number of likely N-dealkylation sites (tertiary alicyclic amines) is 2. The van der Waals surface area contributed by atoms with E-state index in [1.54, 1.807) is 12.1 Å². The molecule has 11 nitrogen and oxygen atoms in total. The van der Waals surface area contributed by atoms with Crippen molar-refractivity contribution in [2.75, 3.05) is 19.7 Å². The second-order valence-corrected chi connectivity index (χ2v) is 8.44. The number of hydrogen-bond acceptors (Lipinski definition) is 7. The Kier molecular flexibility index (Phi) is 7.88. The van der Waals surface area contributed by atoms with Gasteiger partial charge in [0.05, 0.1) is 12.6 Å². The first kappa shape index (κ1) is 24.5. The summed E-state index contributed by atoms with van der Waals surface area (Å²) in [4.78, 5) is 52.5. The van der Waals surface area contributed by atoms with Crippen molar-refractivity contribution in [1.82, 2.24) is 15.1 Å². The number of carbonyl (C=O) groups is 4. The van der Waals surface area contributed by atoms with Crippen LogP contribution in [0.25, 0.3) is 0 Å². The summed E-state index contributed by atoms with van der Waals surface area (Å²) in [6.07, 6.45) is 2.04. The van der Waals surface area contributed by atoms with E-state index >= 15 is 0 Å². The number of carboxylic acid groups (broad SMARTS) is 1. The van der Waals surface area contributed by atoms with Crippen LogP contribution >= 0.6 is 0 Å². The van der Waals surface area contributed by atoms with Gasteiger partial charge in [0.1, 0.15) is 23.9 Å². The molecule has 4 unspecified atom stereocenters. The van der Waals surface area contributed by atoms with E-state index in [1.807, 2.05) is 0 Å².